The molecule has 0 atom stereocenters. The monoisotopic (exact) mass is 422 g/mol. The van der Waals surface area contributed by atoms with Gasteiger partial charge in [0.2, 0.25) is 0 Å². The topological polar surface area (TPSA) is 105 Å². The molecule has 31 heavy (non-hydrogen) atoms. The summed E-state index contributed by atoms with van der Waals surface area (Å²) < 4.78 is 5.47. The molecule has 164 valence electrons. The molecule has 4 heterocycles. The van der Waals surface area contributed by atoms with E-state index in [2.05, 4.69) is 32.7 Å². The molecule has 3 saturated heterocycles. The molecule has 3 aliphatic rings. The van der Waals surface area contributed by atoms with E-state index >= 15 is 0 Å². The van der Waals surface area contributed by atoms with Crippen molar-refractivity contribution in [3.8, 4) is 0 Å². The molecule has 1 aromatic carbocycles. The summed E-state index contributed by atoms with van der Waals surface area (Å²) in [5.41, 5.74) is 8.19. The average Bonchev–Trinajstić information content (AvgIpc) is 2.79. The molecule has 1 spiro atoms. The van der Waals surface area contributed by atoms with Crippen LogP contribution in [0.3, 0.4) is 0 Å². The van der Waals surface area contributed by atoms with Crippen LogP contribution >= 0.6 is 0 Å². The van der Waals surface area contributed by atoms with Gasteiger partial charge in [-0.1, -0.05) is 12.1 Å². The van der Waals surface area contributed by atoms with Crippen LogP contribution in [0, 0.1) is 5.41 Å². The molecule has 1 aromatic heterocycles. The van der Waals surface area contributed by atoms with Crippen molar-refractivity contribution in [2.75, 3.05) is 49.6 Å². The third-order valence-electron chi connectivity index (χ3n) is 6.78. The number of anilines is 3. The van der Waals surface area contributed by atoms with Gasteiger partial charge >= 0.3 is 0 Å². The zero-order chi connectivity index (χ0) is 21.3. The number of aromatic nitrogens is 2. The van der Waals surface area contributed by atoms with Gasteiger partial charge in [-0.2, -0.15) is 0 Å². The van der Waals surface area contributed by atoms with Gasteiger partial charge in [-0.25, -0.2) is 9.97 Å². The lowest BCUT2D eigenvalue weighted by Crippen LogP contribution is -2.54. The largest absolute Gasteiger partial charge is 0.380 e. The van der Waals surface area contributed by atoms with Crippen molar-refractivity contribution in [3.05, 3.63) is 41.7 Å². The number of hydrogen-bond acceptors (Lipinski definition) is 7. The minimum Gasteiger partial charge on any atom is -0.380 e. The smallest absolute Gasteiger partial charge is 0.271 e. The minimum atomic E-state index is -0.588. The molecule has 8 nitrogen and oxygen atoms in total. The summed E-state index contributed by atoms with van der Waals surface area (Å²) in [6.07, 6.45) is 6.27. The maximum atomic E-state index is 12.0. The number of benzene rings is 1. The highest BCUT2D eigenvalue weighted by Crippen LogP contribution is 2.38. The minimum absolute atomic E-state index is 0.157. The molecule has 4 N–H and O–H groups in total. The second kappa shape index (κ2) is 8.43. The van der Waals surface area contributed by atoms with E-state index in [4.69, 9.17) is 15.5 Å². The number of carbonyl (C=O) groups excluding carboxylic acids is 1. The number of nitrogens with two attached hydrogens (primary N) is 1. The number of carbonyl (C=O) groups is 1. The molecule has 3 aliphatic heterocycles. The molecule has 0 saturated carbocycles. The van der Waals surface area contributed by atoms with Crippen LogP contribution in [0.1, 0.15) is 47.7 Å². The number of hydrogen-bond donors (Lipinski definition) is 3. The molecular weight excluding hydrogens is 392 g/mol. The van der Waals surface area contributed by atoms with Gasteiger partial charge in [-0.3, -0.25) is 4.79 Å². The molecule has 0 aliphatic carbocycles. The maximum Gasteiger partial charge on any atom is 0.271 e. The number of amides is 1. The van der Waals surface area contributed by atoms with E-state index in [1.807, 2.05) is 12.1 Å². The fourth-order valence-electron chi connectivity index (χ4n) is 4.96. The Labute approximate surface area is 182 Å². The number of nitrogens with one attached hydrogen (secondary N) is 2. The Morgan fingerprint density at radius 1 is 1.23 bits per heavy atom. The lowest BCUT2D eigenvalue weighted by Gasteiger charge is -2.48. The second-order valence-corrected chi connectivity index (χ2v) is 9.08. The second-order valence-electron chi connectivity index (χ2n) is 9.08. The molecule has 5 rings (SSSR count). The van der Waals surface area contributed by atoms with Crippen LogP contribution in [-0.2, 0) is 4.74 Å². The Kier molecular flexibility index (Phi) is 5.50. The van der Waals surface area contributed by atoms with E-state index in [0.717, 1.165) is 70.2 Å². The van der Waals surface area contributed by atoms with Crippen molar-refractivity contribution in [2.24, 2.45) is 11.1 Å². The van der Waals surface area contributed by atoms with Crippen LogP contribution in [-0.4, -0.2) is 55.3 Å². The van der Waals surface area contributed by atoms with Crippen LogP contribution in [0.4, 0.5) is 17.3 Å². The summed E-state index contributed by atoms with van der Waals surface area (Å²) in [5.74, 6) is 1.19. The van der Waals surface area contributed by atoms with Gasteiger partial charge in [-0.15, -0.1) is 0 Å². The van der Waals surface area contributed by atoms with Crippen LogP contribution < -0.4 is 21.3 Å². The van der Waals surface area contributed by atoms with E-state index in [1.54, 1.807) is 6.20 Å². The van der Waals surface area contributed by atoms with Crippen molar-refractivity contribution in [3.63, 3.8) is 0 Å². The summed E-state index contributed by atoms with van der Waals surface area (Å²) >= 11 is 0. The third-order valence-corrected chi connectivity index (χ3v) is 6.78. The van der Waals surface area contributed by atoms with Gasteiger partial charge in [0.15, 0.2) is 11.5 Å². The lowest BCUT2D eigenvalue weighted by molar-refractivity contribution is -0.117. The van der Waals surface area contributed by atoms with Crippen molar-refractivity contribution in [2.45, 2.75) is 31.6 Å². The van der Waals surface area contributed by atoms with E-state index in [0.29, 0.717) is 11.7 Å². The number of primary amides is 1. The molecule has 0 unspecified atom stereocenters. The van der Waals surface area contributed by atoms with E-state index in [-0.39, 0.29) is 11.1 Å². The van der Waals surface area contributed by atoms with Crippen molar-refractivity contribution >= 4 is 23.2 Å². The quantitative estimate of drug-likeness (QED) is 0.679. The summed E-state index contributed by atoms with van der Waals surface area (Å²) in [6.45, 7) is 5.59. The number of ether oxygens (including phenoxy) is 1. The summed E-state index contributed by atoms with van der Waals surface area (Å²) in [7, 11) is 0. The Morgan fingerprint density at radius 2 is 2.00 bits per heavy atom. The molecular formula is C23H30N6O2. The number of rotatable bonds is 5. The predicted octanol–water partition coefficient (Wildman–Crippen LogP) is 2.40. The highest BCUT2D eigenvalue weighted by molar-refractivity contribution is 5.96. The van der Waals surface area contributed by atoms with Crippen LogP contribution in [0.15, 0.2) is 30.5 Å². The van der Waals surface area contributed by atoms with Crippen LogP contribution in [0.25, 0.3) is 0 Å². The van der Waals surface area contributed by atoms with Gasteiger partial charge in [0.1, 0.15) is 5.82 Å². The van der Waals surface area contributed by atoms with Gasteiger partial charge in [0.05, 0.1) is 19.4 Å². The summed E-state index contributed by atoms with van der Waals surface area (Å²) in [6, 6.07) is 8.39. The summed E-state index contributed by atoms with van der Waals surface area (Å²) in [4.78, 5) is 23.3. The first-order valence-corrected chi connectivity index (χ1v) is 11.2. The van der Waals surface area contributed by atoms with Crippen molar-refractivity contribution in [1.29, 1.82) is 0 Å². The first kappa shape index (κ1) is 20.2. The zero-order valence-electron chi connectivity index (χ0n) is 17.8. The van der Waals surface area contributed by atoms with Gasteiger partial charge in [-0.05, 0) is 62.4 Å². The Balaban J connectivity index is 1.36. The Morgan fingerprint density at radius 3 is 2.68 bits per heavy atom. The van der Waals surface area contributed by atoms with Gasteiger partial charge in [0, 0.05) is 24.2 Å². The predicted molar refractivity (Wildman–Crippen MR) is 120 cm³/mol. The standard InChI is InChI=1S/C23H30N6O2/c24-21(30)20-22(27-18-4-2-16(3-5-18)17-6-9-25-10-7-17)28-19(12-26-20)29-11-1-8-23(13-29)14-31-15-23/h2-5,12,17,25H,1,6-11,13-15H2,(H2,24,30)(H,27,28). The lowest BCUT2D eigenvalue weighted by atomic mass is 9.78. The summed E-state index contributed by atoms with van der Waals surface area (Å²) in [5, 5.41) is 6.68. The van der Waals surface area contributed by atoms with E-state index in [1.165, 1.54) is 12.0 Å². The number of nitrogens with zero attached hydrogens (tertiary/aromatic N) is 3. The molecule has 3 fully saturated rings. The molecule has 2 aromatic rings. The highest BCUT2D eigenvalue weighted by atomic mass is 16.5. The Hall–Kier alpha value is -2.71. The fraction of sp³-hybridized carbons (Fsp3) is 0.522. The van der Waals surface area contributed by atoms with Gasteiger partial charge < -0.3 is 26.0 Å². The van der Waals surface area contributed by atoms with Crippen molar-refractivity contribution in [1.82, 2.24) is 15.3 Å². The third kappa shape index (κ3) is 4.22. The average molecular weight is 423 g/mol. The van der Waals surface area contributed by atoms with Crippen LogP contribution in [0.2, 0.25) is 0 Å². The van der Waals surface area contributed by atoms with Crippen LogP contribution in [0.5, 0.6) is 0 Å². The zero-order valence-corrected chi connectivity index (χ0v) is 17.8. The number of piperidine rings is 2. The molecule has 8 heteroatoms. The maximum absolute atomic E-state index is 12.0. The molecule has 0 radical (unpaired) electrons. The first-order chi connectivity index (χ1) is 15.1. The fourth-order valence-corrected chi connectivity index (χ4v) is 4.96. The van der Waals surface area contributed by atoms with E-state index < -0.39 is 5.91 Å². The molecule has 0 bridgehead atoms. The van der Waals surface area contributed by atoms with Crippen molar-refractivity contribution < 1.29 is 9.53 Å². The van der Waals surface area contributed by atoms with Gasteiger partial charge in [0.25, 0.3) is 5.91 Å². The van der Waals surface area contributed by atoms with E-state index in [9.17, 15) is 4.79 Å². The first-order valence-electron chi connectivity index (χ1n) is 11.2. The molecule has 1 amide bonds. The highest BCUT2D eigenvalue weighted by Gasteiger charge is 2.42. The Bertz CT molecular complexity index is 938. The SMILES string of the molecule is NC(=O)c1ncc(N2CCCC3(COC3)C2)nc1Nc1ccc(C2CCNCC2)cc1. The normalized spacial score (nSPS) is 21.0.